The van der Waals surface area contributed by atoms with Gasteiger partial charge in [-0.25, -0.2) is 18.6 Å². The molecule has 6 nitrogen and oxygen atoms in total. The summed E-state index contributed by atoms with van der Waals surface area (Å²) >= 11 is 0. The first-order valence-electron chi connectivity index (χ1n) is 8.34. The SMILES string of the molecule is CCCOC(=O)c1ccc(NC(=O)c2ccc3nc(C(F)F)[nH]c3c2)cc1. The smallest absolute Gasteiger partial charge is 0.338 e. The van der Waals surface area contributed by atoms with Crippen LogP contribution in [0, 0.1) is 0 Å². The number of imidazole rings is 1. The molecule has 0 aliphatic rings. The summed E-state index contributed by atoms with van der Waals surface area (Å²) in [5.74, 6) is -1.27. The van der Waals surface area contributed by atoms with Crippen LogP contribution in [0.4, 0.5) is 14.5 Å². The van der Waals surface area contributed by atoms with Crippen molar-refractivity contribution in [2.45, 2.75) is 19.8 Å². The lowest BCUT2D eigenvalue weighted by Crippen LogP contribution is -2.12. The highest BCUT2D eigenvalue weighted by Crippen LogP contribution is 2.21. The van der Waals surface area contributed by atoms with E-state index < -0.39 is 24.1 Å². The monoisotopic (exact) mass is 373 g/mol. The van der Waals surface area contributed by atoms with E-state index in [2.05, 4.69) is 15.3 Å². The van der Waals surface area contributed by atoms with Gasteiger partial charge in [-0.3, -0.25) is 4.79 Å². The quantitative estimate of drug-likeness (QED) is 0.630. The minimum absolute atomic E-state index is 0.290. The van der Waals surface area contributed by atoms with Crippen molar-refractivity contribution in [2.75, 3.05) is 11.9 Å². The number of H-pyrrole nitrogens is 1. The molecular weight excluding hydrogens is 356 g/mol. The number of aromatic nitrogens is 2. The van der Waals surface area contributed by atoms with Gasteiger partial charge in [0.25, 0.3) is 12.3 Å². The first-order valence-corrected chi connectivity index (χ1v) is 8.34. The molecule has 2 N–H and O–H groups in total. The molecule has 140 valence electrons. The number of anilines is 1. The lowest BCUT2D eigenvalue weighted by atomic mass is 10.1. The maximum Gasteiger partial charge on any atom is 0.338 e. The second-order valence-corrected chi connectivity index (χ2v) is 5.82. The van der Waals surface area contributed by atoms with Gasteiger partial charge in [0.1, 0.15) is 0 Å². The van der Waals surface area contributed by atoms with Gasteiger partial charge in [-0.2, -0.15) is 0 Å². The van der Waals surface area contributed by atoms with Crippen LogP contribution in [0.5, 0.6) is 0 Å². The minimum atomic E-state index is -2.71. The van der Waals surface area contributed by atoms with Crippen LogP contribution in [0.3, 0.4) is 0 Å². The van der Waals surface area contributed by atoms with E-state index in [4.69, 9.17) is 4.74 Å². The number of esters is 1. The van der Waals surface area contributed by atoms with Gasteiger partial charge in [-0.05, 0) is 48.9 Å². The lowest BCUT2D eigenvalue weighted by molar-refractivity contribution is 0.0505. The summed E-state index contributed by atoms with van der Waals surface area (Å²) < 4.78 is 30.4. The van der Waals surface area contributed by atoms with Gasteiger partial charge in [0.05, 0.1) is 23.2 Å². The molecule has 0 radical (unpaired) electrons. The molecule has 1 aromatic heterocycles. The molecule has 0 unspecified atom stereocenters. The Kier molecular flexibility index (Phi) is 5.44. The van der Waals surface area contributed by atoms with Crippen molar-refractivity contribution in [3.05, 3.63) is 59.4 Å². The number of benzene rings is 2. The molecule has 3 aromatic rings. The number of carbonyl (C=O) groups excluding carboxylic acids is 2. The number of hydrogen-bond acceptors (Lipinski definition) is 4. The van der Waals surface area contributed by atoms with Crippen LogP contribution in [-0.4, -0.2) is 28.5 Å². The molecule has 0 bridgehead atoms. The zero-order chi connectivity index (χ0) is 19.4. The minimum Gasteiger partial charge on any atom is -0.462 e. The third kappa shape index (κ3) is 4.28. The van der Waals surface area contributed by atoms with E-state index in [-0.39, 0.29) is 0 Å². The number of ether oxygens (including phenoxy) is 1. The molecular formula is C19H17F2N3O3. The van der Waals surface area contributed by atoms with Crippen molar-refractivity contribution >= 4 is 28.6 Å². The molecule has 0 spiro atoms. The van der Waals surface area contributed by atoms with Gasteiger partial charge >= 0.3 is 5.97 Å². The Balaban J connectivity index is 1.71. The lowest BCUT2D eigenvalue weighted by Gasteiger charge is -2.07. The highest BCUT2D eigenvalue weighted by Gasteiger charge is 2.14. The summed E-state index contributed by atoms with van der Waals surface area (Å²) in [5.41, 5.74) is 1.88. The van der Waals surface area contributed by atoms with E-state index in [9.17, 15) is 18.4 Å². The molecule has 0 aliphatic heterocycles. The van der Waals surface area contributed by atoms with E-state index in [1.54, 1.807) is 24.3 Å². The fraction of sp³-hybridized carbons (Fsp3) is 0.211. The normalized spacial score (nSPS) is 11.0. The third-order valence-corrected chi connectivity index (χ3v) is 3.78. The Hall–Kier alpha value is -3.29. The van der Waals surface area contributed by atoms with Gasteiger partial charge in [-0.1, -0.05) is 6.92 Å². The number of carbonyl (C=O) groups is 2. The Bertz CT molecular complexity index is 968. The van der Waals surface area contributed by atoms with Crippen molar-refractivity contribution in [1.82, 2.24) is 9.97 Å². The highest BCUT2D eigenvalue weighted by molar-refractivity contribution is 6.06. The van der Waals surface area contributed by atoms with E-state index in [1.165, 1.54) is 18.2 Å². The van der Waals surface area contributed by atoms with Gasteiger partial charge in [0.15, 0.2) is 5.82 Å². The number of nitrogens with zero attached hydrogens (tertiary/aromatic N) is 1. The fourth-order valence-electron chi connectivity index (χ4n) is 2.44. The number of rotatable bonds is 6. The third-order valence-electron chi connectivity index (χ3n) is 3.78. The zero-order valence-corrected chi connectivity index (χ0v) is 14.5. The molecule has 3 rings (SSSR count). The topological polar surface area (TPSA) is 84.1 Å². The summed E-state index contributed by atoms with van der Waals surface area (Å²) in [4.78, 5) is 30.4. The first kappa shape index (κ1) is 18.5. The maximum absolute atomic E-state index is 12.7. The highest BCUT2D eigenvalue weighted by atomic mass is 19.3. The number of fused-ring (bicyclic) bond motifs is 1. The Labute approximate surface area is 153 Å². The number of nitrogens with one attached hydrogen (secondary N) is 2. The van der Waals surface area contributed by atoms with E-state index in [1.807, 2.05) is 6.92 Å². The molecule has 1 amide bonds. The summed E-state index contributed by atoms with van der Waals surface area (Å²) in [7, 11) is 0. The van der Waals surface area contributed by atoms with E-state index in [0.717, 1.165) is 6.42 Å². The Morgan fingerprint density at radius 2 is 1.85 bits per heavy atom. The molecule has 1 heterocycles. The van der Waals surface area contributed by atoms with E-state index in [0.29, 0.717) is 34.5 Å². The largest absolute Gasteiger partial charge is 0.462 e. The van der Waals surface area contributed by atoms with E-state index >= 15 is 0 Å². The standard InChI is InChI=1S/C19H17F2N3O3/c1-2-9-27-19(26)11-3-6-13(7-4-11)22-18(25)12-5-8-14-15(10-12)24-17(23-14)16(20)21/h3-8,10,16H,2,9H2,1H3,(H,22,25)(H,23,24). The van der Waals surface area contributed by atoms with Crippen molar-refractivity contribution in [3.63, 3.8) is 0 Å². The molecule has 27 heavy (non-hydrogen) atoms. The van der Waals surface area contributed by atoms with Crippen LogP contribution in [0.1, 0.15) is 46.3 Å². The van der Waals surface area contributed by atoms with Crippen LogP contribution in [-0.2, 0) is 4.74 Å². The first-order chi connectivity index (χ1) is 13.0. The summed E-state index contributed by atoms with van der Waals surface area (Å²) in [5, 5.41) is 2.69. The summed E-state index contributed by atoms with van der Waals surface area (Å²) in [6.07, 6.45) is -1.98. The van der Waals surface area contributed by atoms with Gasteiger partial charge in [-0.15, -0.1) is 0 Å². The van der Waals surface area contributed by atoms with Crippen LogP contribution < -0.4 is 5.32 Å². The molecule has 2 aromatic carbocycles. The predicted molar refractivity (Wildman–Crippen MR) is 96.0 cm³/mol. The van der Waals surface area contributed by atoms with Crippen molar-refractivity contribution < 1.29 is 23.1 Å². The molecule has 8 heteroatoms. The summed E-state index contributed by atoms with van der Waals surface area (Å²) in [6.45, 7) is 2.25. The zero-order valence-electron chi connectivity index (χ0n) is 14.5. The van der Waals surface area contributed by atoms with Crippen molar-refractivity contribution in [2.24, 2.45) is 0 Å². The number of halogens is 2. The molecule has 0 saturated carbocycles. The summed E-state index contributed by atoms with van der Waals surface area (Å²) in [6, 6.07) is 10.7. The number of alkyl halides is 2. The van der Waals surface area contributed by atoms with Crippen LogP contribution >= 0.6 is 0 Å². The molecule has 0 fully saturated rings. The van der Waals surface area contributed by atoms with Crippen molar-refractivity contribution in [1.29, 1.82) is 0 Å². The average molecular weight is 373 g/mol. The predicted octanol–water partition coefficient (Wildman–Crippen LogP) is 4.32. The number of hydrogen-bond donors (Lipinski definition) is 2. The van der Waals surface area contributed by atoms with Crippen LogP contribution in [0.25, 0.3) is 11.0 Å². The molecule has 0 atom stereocenters. The Morgan fingerprint density at radius 1 is 1.15 bits per heavy atom. The number of amides is 1. The van der Waals surface area contributed by atoms with Gasteiger partial charge in [0, 0.05) is 11.3 Å². The maximum atomic E-state index is 12.7. The van der Waals surface area contributed by atoms with Gasteiger partial charge < -0.3 is 15.0 Å². The molecule has 0 aliphatic carbocycles. The average Bonchev–Trinajstić information content (AvgIpc) is 3.10. The second kappa shape index (κ2) is 7.94. The Morgan fingerprint density at radius 3 is 2.52 bits per heavy atom. The van der Waals surface area contributed by atoms with Crippen molar-refractivity contribution in [3.8, 4) is 0 Å². The van der Waals surface area contributed by atoms with Crippen LogP contribution in [0.2, 0.25) is 0 Å². The second-order valence-electron chi connectivity index (χ2n) is 5.82. The van der Waals surface area contributed by atoms with Gasteiger partial charge in [0.2, 0.25) is 0 Å². The number of aromatic amines is 1. The van der Waals surface area contributed by atoms with Crippen LogP contribution in [0.15, 0.2) is 42.5 Å². The fourth-order valence-corrected chi connectivity index (χ4v) is 2.44. The molecule has 0 saturated heterocycles.